The molecule has 2 rings (SSSR count). The lowest BCUT2D eigenvalue weighted by Gasteiger charge is -2.35. The van der Waals surface area contributed by atoms with Gasteiger partial charge in [-0.25, -0.2) is 10.2 Å². The van der Waals surface area contributed by atoms with Crippen molar-refractivity contribution in [3.63, 3.8) is 0 Å². The second-order valence-electron chi connectivity index (χ2n) is 5.61. The van der Waals surface area contributed by atoms with Crippen LogP contribution in [0.1, 0.15) is 41.6 Å². The number of aliphatic hydroxyl groups is 1. The summed E-state index contributed by atoms with van der Waals surface area (Å²) in [7, 11) is 1.87. The highest BCUT2D eigenvalue weighted by atomic mass is 19.1. The van der Waals surface area contributed by atoms with E-state index in [0.29, 0.717) is 17.7 Å². The summed E-state index contributed by atoms with van der Waals surface area (Å²) in [4.78, 5) is 13.5. The molecule has 0 heterocycles. The Labute approximate surface area is 123 Å². The smallest absolute Gasteiger partial charge is 0.265 e. The number of carbonyl (C=O) groups is 1. The lowest BCUT2D eigenvalue weighted by molar-refractivity contribution is 0.0284. The number of benzene rings is 1. The molecule has 4 N–H and O–H groups in total. The van der Waals surface area contributed by atoms with Crippen molar-refractivity contribution in [1.82, 2.24) is 10.3 Å². The maximum Gasteiger partial charge on any atom is 0.265 e. The Kier molecular flexibility index (Phi) is 5.27. The van der Waals surface area contributed by atoms with Gasteiger partial charge in [0.15, 0.2) is 0 Å². The summed E-state index contributed by atoms with van der Waals surface area (Å²) in [5.74, 6) is 4.28. The zero-order valence-corrected chi connectivity index (χ0v) is 12.2. The van der Waals surface area contributed by atoms with E-state index in [1.165, 1.54) is 18.2 Å². The standard InChI is InChI=1S/C15H22FN3O2/c1-19(13-4-2-3-5-14(13)20)9-11-8-10(15(21)18-17)6-7-12(11)16/h6-8,13-14,20H,2-5,9,17H2,1H3,(H,18,21). The second-order valence-corrected chi connectivity index (χ2v) is 5.61. The Morgan fingerprint density at radius 1 is 1.48 bits per heavy atom. The number of nitrogens with zero attached hydrogens (tertiary/aromatic N) is 1. The van der Waals surface area contributed by atoms with E-state index in [9.17, 15) is 14.3 Å². The molecule has 5 nitrogen and oxygen atoms in total. The first-order chi connectivity index (χ1) is 10.0. The minimum absolute atomic E-state index is 0.0325. The molecular weight excluding hydrogens is 273 g/mol. The third-order valence-electron chi connectivity index (χ3n) is 4.12. The lowest BCUT2D eigenvalue weighted by atomic mass is 9.91. The molecule has 2 atom stereocenters. The van der Waals surface area contributed by atoms with E-state index in [-0.39, 0.29) is 18.0 Å². The van der Waals surface area contributed by atoms with Gasteiger partial charge in [-0.05, 0) is 38.1 Å². The van der Waals surface area contributed by atoms with Crippen LogP contribution in [-0.4, -0.2) is 35.1 Å². The van der Waals surface area contributed by atoms with Crippen molar-refractivity contribution in [1.29, 1.82) is 0 Å². The number of nitrogens with two attached hydrogens (primary N) is 1. The van der Waals surface area contributed by atoms with E-state index < -0.39 is 5.91 Å². The minimum Gasteiger partial charge on any atom is -0.391 e. The fraction of sp³-hybridized carbons (Fsp3) is 0.533. The molecule has 1 aliphatic carbocycles. The van der Waals surface area contributed by atoms with Gasteiger partial charge in [0.2, 0.25) is 0 Å². The quantitative estimate of drug-likeness (QED) is 0.442. The second kappa shape index (κ2) is 6.98. The summed E-state index contributed by atoms with van der Waals surface area (Å²) < 4.78 is 13.9. The van der Waals surface area contributed by atoms with E-state index in [2.05, 4.69) is 0 Å². The normalized spacial score (nSPS) is 22.3. The fourth-order valence-electron chi connectivity index (χ4n) is 2.91. The molecule has 21 heavy (non-hydrogen) atoms. The average Bonchev–Trinajstić information content (AvgIpc) is 2.49. The molecule has 0 saturated heterocycles. The summed E-state index contributed by atoms with van der Waals surface area (Å²) in [6.07, 6.45) is 3.42. The first-order valence-electron chi connectivity index (χ1n) is 7.20. The Balaban J connectivity index is 2.12. The highest BCUT2D eigenvalue weighted by Gasteiger charge is 2.27. The monoisotopic (exact) mass is 295 g/mol. The first-order valence-corrected chi connectivity index (χ1v) is 7.20. The van der Waals surface area contributed by atoms with Gasteiger partial charge in [0, 0.05) is 23.7 Å². The first kappa shape index (κ1) is 15.9. The highest BCUT2D eigenvalue weighted by molar-refractivity contribution is 5.93. The molecule has 0 bridgehead atoms. The summed E-state index contributed by atoms with van der Waals surface area (Å²) in [6, 6.07) is 4.20. The number of halogens is 1. The Hall–Kier alpha value is -1.50. The molecule has 1 aliphatic rings. The molecule has 1 amide bonds. The van der Waals surface area contributed by atoms with Crippen molar-refractivity contribution >= 4 is 5.91 Å². The van der Waals surface area contributed by atoms with Crippen molar-refractivity contribution in [3.05, 3.63) is 35.1 Å². The predicted octanol–water partition coefficient (Wildman–Crippen LogP) is 1.16. The minimum atomic E-state index is -0.448. The van der Waals surface area contributed by atoms with E-state index in [4.69, 9.17) is 5.84 Å². The van der Waals surface area contributed by atoms with Crippen LogP contribution in [0.4, 0.5) is 4.39 Å². The van der Waals surface area contributed by atoms with Gasteiger partial charge in [-0.1, -0.05) is 12.8 Å². The van der Waals surface area contributed by atoms with Gasteiger partial charge >= 0.3 is 0 Å². The van der Waals surface area contributed by atoms with Crippen molar-refractivity contribution in [2.24, 2.45) is 5.84 Å². The van der Waals surface area contributed by atoms with Gasteiger partial charge in [-0.2, -0.15) is 0 Å². The van der Waals surface area contributed by atoms with Crippen LogP contribution in [0.15, 0.2) is 18.2 Å². The molecule has 0 spiro atoms. The Bertz CT molecular complexity index is 510. The maximum absolute atomic E-state index is 13.9. The number of rotatable bonds is 4. The third kappa shape index (κ3) is 3.78. The highest BCUT2D eigenvalue weighted by Crippen LogP contribution is 2.24. The molecular formula is C15H22FN3O2. The van der Waals surface area contributed by atoms with Crippen LogP contribution < -0.4 is 11.3 Å². The number of hydrogen-bond acceptors (Lipinski definition) is 4. The Morgan fingerprint density at radius 3 is 2.86 bits per heavy atom. The largest absolute Gasteiger partial charge is 0.391 e. The zero-order valence-electron chi connectivity index (χ0n) is 12.2. The van der Waals surface area contributed by atoms with E-state index in [0.717, 1.165) is 25.7 Å². The van der Waals surface area contributed by atoms with Crippen LogP contribution in [0.5, 0.6) is 0 Å². The summed E-state index contributed by atoms with van der Waals surface area (Å²) in [6.45, 7) is 0.346. The van der Waals surface area contributed by atoms with Gasteiger partial charge in [0.1, 0.15) is 5.82 Å². The van der Waals surface area contributed by atoms with Crippen LogP contribution >= 0.6 is 0 Å². The number of nitrogen functional groups attached to an aromatic ring is 1. The molecule has 0 aromatic heterocycles. The number of amides is 1. The van der Waals surface area contributed by atoms with Gasteiger partial charge in [-0.3, -0.25) is 15.1 Å². The van der Waals surface area contributed by atoms with E-state index in [1.54, 1.807) is 0 Å². The predicted molar refractivity (Wildman–Crippen MR) is 77.8 cm³/mol. The SMILES string of the molecule is CN(Cc1cc(C(=O)NN)ccc1F)C1CCCCC1O. The van der Waals surface area contributed by atoms with Crippen LogP contribution in [0.3, 0.4) is 0 Å². The van der Waals surface area contributed by atoms with Gasteiger partial charge in [0.05, 0.1) is 6.10 Å². The van der Waals surface area contributed by atoms with Crippen LogP contribution in [-0.2, 0) is 6.54 Å². The molecule has 1 fully saturated rings. The summed E-state index contributed by atoms with van der Waals surface area (Å²) in [5.41, 5.74) is 2.79. The van der Waals surface area contributed by atoms with E-state index >= 15 is 0 Å². The summed E-state index contributed by atoms with van der Waals surface area (Å²) >= 11 is 0. The number of carbonyl (C=O) groups excluding carboxylic acids is 1. The molecule has 6 heteroatoms. The lowest BCUT2D eigenvalue weighted by Crippen LogP contribution is -2.43. The van der Waals surface area contributed by atoms with Crippen molar-refractivity contribution in [2.75, 3.05) is 7.05 Å². The van der Waals surface area contributed by atoms with Crippen molar-refractivity contribution < 1.29 is 14.3 Å². The van der Waals surface area contributed by atoms with Gasteiger partial charge in [0.25, 0.3) is 5.91 Å². The average molecular weight is 295 g/mol. The van der Waals surface area contributed by atoms with Crippen LogP contribution in [0, 0.1) is 5.82 Å². The number of likely N-dealkylation sites (N-methyl/N-ethyl adjacent to an activating group) is 1. The molecule has 0 aliphatic heterocycles. The van der Waals surface area contributed by atoms with E-state index in [1.807, 2.05) is 17.4 Å². The molecule has 0 radical (unpaired) electrons. The molecule has 1 saturated carbocycles. The Morgan fingerprint density at radius 2 is 2.19 bits per heavy atom. The number of aliphatic hydroxyl groups excluding tert-OH is 1. The topological polar surface area (TPSA) is 78.6 Å². The van der Waals surface area contributed by atoms with Crippen molar-refractivity contribution in [2.45, 2.75) is 44.4 Å². The fourth-order valence-corrected chi connectivity index (χ4v) is 2.91. The van der Waals surface area contributed by atoms with Gasteiger partial charge < -0.3 is 5.11 Å². The number of hydrogen-bond donors (Lipinski definition) is 3. The number of hydrazine groups is 1. The molecule has 1 aromatic carbocycles. The third-order valence-corrected chi connectivity index (χ3v) is 4.12. The van der Waals surface area contributed by atoms with Crippen molar-refractivity contribution in [3.8, 4) is 0 Å². The van der Waals surface area contributed by atoms with Crippen LogP contribution in [0.2, 0.25) is 0 Å². The molecule has 116 valence electrons. The zero-order chi connectivity index (χ0) is 15.4. The van der Waals surface area contributed by atoms with Crippen LogP contribution in [0.25, 0.3) is 0 Å². The molecule has 2 unspecified atom stereocenters. The van der Waals surface area contributed by atoms with Gasteiger partial charge in [-0.15, -0.1) is 0 Å². The number of nitrogens with one attached hydrogen (secondary N) is 1. The maximum atomic E-state index is 13.9. The summed E-state index contributed by atoms with van der Waals surface area (Å²) in [5, 5.41) is 10.1. The molecule has 1 aromatic rings.